The molecule has 1 aromatic rings. The van der Waals surface area contributed by atoms with E-state index in [0.29, 0.717) is 4.47 Å². The first-order valence-electron chi connectivity index (χ1n) is 5.24. The minimum atomic E-state index is -3.95. The summed E-state index contributed by atoms with van der Waals surface area (Å²) in [4.78, 5) is -0.222. The average Bonchev–Trinajstić information content (AvgIpc) is 2.57. The highest BCUT2D eigenvalue weighted by Crippen LogP contribution is 2.35. The fraction of sp³-hybridized carbons (Fsp3) is 0.400. The Labute approximate surface area is 128 Å². The summed E-state index contributed by atoms with van der Waals surface area (Å²) in [5.41, 5.74) is 0. The van der Waals surface area contributed by atoms with E-state index in [-0.39, 0.29) is 28.0 Å². The molecular formula is C10H10BrCl2NO4S. The van der Waals surface area contributed by atoms with Crippen LogP contribution >= 0.6 is 39.1 Å². The van der Waals surface area contributed by atoms with Crippen LogP contribution in [-0.2, 0) is 10.0 Å². The number of aliphatic hydroxyl groups is 2. The Morgan fingerprint density at radius 2 is 1.58 bits per heavy atom. The maximum Gasteiger partial charge on any atom is 0.246 e. The average molecular weight is 391 g/mol. The number of nitrogens with zero attached hydrogens (tertiary/aromatic N) is 1. The third-order valence-electron chi connectivity index (χ3n) is 2.79. The van der Waals surface area contributed by atoms with Gasteiger partial charge in [0.25, 0.3) is 0 Å². The number of rotatable bonds is 2. The maximum atomic E-state index is 12.4. The second kappa shape index (κ2) is 5.48. The Morgan fingerprint density at radius 1 is 1.16 bits per heavy atom. The molecule has 0 bridgehead atoms. The molecule has 0 saturated carbocycles. The van der Waals surface area contributed by atoms with Gasteiger partial charge in [-0.2, -0.15) is 4.31 Å². The number of halogens is 3. The van der Waals surface area contributed by atoms with E-state index in [1.165, 1.54) is 12.1 Å². The molecule has 0 spiro atoms. The van der Waals surface area contributed by atoms with Gasteiger partial charge in [-0.1, -0.05) is 39.1 Å². The van der Waals surface area contributed by atoms with E-state index in [9.17, 15) is 18.6 Å². The molecule has 9 heteroatoms. The number of hydrogen-bond donors (Lipinski definition) is 2. The van der Waals surface area contributed by atoms with Gasteiger partial charge in [0.05, 0.1) is 22.3 Å². The smallest absolute Gasteiger partial charge is 0.246 e. The summed E-state index contributed by atoms with van der Waals surface area (Å²) in [5.74, 6) is 0. The predicted molar refractivity (Wildman–Crippen MR) is 74.9 cm³/mol. The fourth-order valence-corrected chi connectivity index (χ4v) is 5.20. The molecule has 2 rings (SSSR count). The van der Waals surface area contributed by atoms with E-state index in [1.54, 1.807) is 0 Å². The van der Waals surface area contributed by atoms with Crippen molar-refractivity contribution in [3.8, 4) is 0 Å². The molecule has 106 valence electrons. The summed E-state index contributed by atoms with van der Waals surface area (Å²) in [6, 6.07) is 2.84. The van der Waals surface area contributed by atoms with Gasteiger partial charge in [0, 0.05) is 17.6 Å². The van der Waals surface area contributed by atoms with Crippen LogP contribution in [0.1, 0.15) is 0 Å². The molecule has 1 heterocycles. The first-order chi connectivity index (χ1) is 8.73. The van der Waals surface area contributed by atoms with E-state index < -0.39 is 22.2 Å². The molecule has 2 N–H and O–H groups in total. The largest absolute Gasteiger partial charge is 0.389 e. The zero-order valence-electron chi connectivity index (χ0n) is 9.42. The van der Waals surface area contributed by atoms with Gasteiger partial charge in [-0.25, -0.2) is 8.42 Å². The lowest BCUT2D eigenvalue weighted by molar-refractivity contribution is 0.0572. The van der Waals surface area contributed by atoms with Crippen LogP contribution in [0.4, 0.5) is 0 Å². The van der Waals surface area contributed by atoms with Crippen molar-refractivity contribution >= 4 is 49.2 Å². The van der Waals surface area contributed by atoms with Gasteiger partial charge in [-0.05, 0) is 12.1 Å². The number of β-amino-alcohol motifs (C(OH)–C–C–N with tert-alkyl or cyclic N) is 2. The Kier molecular flexibility index (Phi) is 4.47. The number of hydrogen-bond acceptors (Lipinski definition) is 4. The van der Waals surface area contributed by atoms with Crippen LogP contribution in [0.5, 0.6) is 0 Å². The Balaban J connectivity index is 2.47. The lowest BCUT2D eigenvalue weighted by Crippen LogP contribution is -2.30. The normalized spacial score (nSPS) is 24.9. The molecule has 2 unspecified atom stereocenters. The standard InChI is InChI=1S/C10H10BrCl2NO4S/c11-5-1-6(12)10(7(13)2-5)19(17,18)14-3-8(15)9(16)4-14/h1-2,8-9,15-16H,3-4H2. The van der Waals surface area contributed by atoms with E-state index in [2.05, 4.69) is 15.9 Å². The molecule has 0 aromatic heterocycles. The van der Waals surface area contributed by atoms with Gasteiger partial charge < -0.3 is 10.2 Å². The zero-order valence-corrected chi connectivity index (χ0v) is 13.3. The van der Waals surface area contributed by atoms with Crippen LogP contribution in [0, 0.1) is 0 Å². The quantitative estimate of drug-likeness (QED) is 0.801. The minimum Gasteiger partial charge on any atom is -0.389 e. The second-order valence-electron chi connectivity index (χ2n) is 4.16. The van der Waals surface area contributed by atoms with E-state index in [1.807, 2.05) is 0 Å². The molecule has 5 nitrogen and oxygen atoms in total. The highest BCUT2D eigenvalue weighted by molar-refractivity contribution is 9.10. The van der Waals surface area contributed by atoms with Crippen molar-refractivity contribution in [3.63, 3.8) is 0 Å². The van der Waals surface area contributed by atoms with Crippen LogP contribution < -0.4 is 0 Å². The number of aliphatic hydroxyl groups excluding tert-OH is 2. The van der Waals surface area contributed by atoms with Gasteiger partial charge in [0.1, 0.15) is 4.90 Å². The first kappa shape index (κ1) is 15.5. The summed E-state index contributed by atoms with van der Waals surface area (Å²) in [6.45, 7) is -0.377. The van der Waals surface area contributed by atoms with Crippen LogP contribution in [-0.4, -0.2) is 48.2 Å². The summed E-state index contributed by atoms with van der Waals surface area (Å²) < 4.78 is 26.3. The van der Waals surface area contributed by atoms with Gasteiger partial charge in [0.2, 0.25) is 10.0 Å². The summed E-state index contributed by atoms with van der Waals surface area (Å²) in [6.07, 6.45) is -2.22. The Hall–Kier alpha value is 0.110. The SMILES string of the molecule is O=S(=O)(c1c(Cl)cc(Br)cc1Cl)N1CC(O)C(O)C1. The maximum absolute atomic E-state index is 12.4. The number of benzene rings is 1. The summed E-state index contributed by atoms with van der Waals surface area (Å²) in [7, 11) is -3.95. The van der Waals surface area contributed by atoms with Crippen molar-refractivity contribution in [3.05, 3.63) is 26.7 Å². The van der Waals surface area contributed by atoms with Gasteiger partial charge in [-0.15, -0.1) is 0 Å². The molecular weight excluding hydrogens is 381 g/mol. The van der Waals surface area contributed by atoms with E-state index >= 15 is 0 Å². The molecule has 1 saturated heterocycles. The molecule has 1 aliphatic heterocycles. The number of sulfonamides is 1. The van der Waals surface area contributed by atoms with Crippen molar-refractivity contribution < 1.29 is 18.6 Å². The van der Waals surface area contributed by atoms with Crippen LogP contribution in [0.25, 0.3) is 0 Å². The highest BCUT2D eigenvalue weighted by atomic mass is 79.9. The Bertz CT molecular complexity index is 577. The Morgan fingerprint density at radius 3 is 2.00 bits per heavy atom. The molecule has 0 amide bonds. The monoisotopic (exact) mass is 389 g/mol. The third-order valence-corrected chi connectivity index (χ3v) is 6.00. The van der Waals surface area contributed by atoms with E-state index in [0.717, 1.165) is 4.31 Å². The molecule has 1 aliphatic rings. The van der Waals surface area contributed by atoms with Crippen molar-refractivity contribution in [2.24, 2.45) is 0 Å². The topological polar surface area (TPSA) is 77.8 Å². The van der Waals surface area contributed by atoms with Crippen LogP contribution in [0.2, 0.25) is 10.0 Å². The highest BCUT2D eigenvalue weighted by Gasteiger charge is 2.39. The van der Waals surface area contributed by atoms with Gasteiger partial charge in [-0.3, -0.25) is 0 Å². The fourth-order valence-electron chi connectivity index (χ4n) is 1.84. The summed E-state index contributed by atoms with van der Waals surface area (Å²) in [5, 5.41) is 18.8. The zero-order chi connectivity index (χ0) is 14.4. The van der Waals surface area contributed by atoms with E-state index in [4.69, 9.17) is 23.2 Å². The first-order valence-corrected chi connectivity index (χ1v) is 8.23. The van der Waals surface area contributed by atoms with Gasteiger partial charge >= 0.3 is 0 Å². The third kappa shape index (κ3) is 2.92. The molecule has 2 atom stereocenters. The van der Waals surface area contributed by atoms with Crippen molar-refractivity contribution in [1.82, 2.24) is 4.31 Å². The van der Waals surface area contributed by atoms with Crippen molar-refractivity contribution in [2.75, 3.05) is 13.1 Å². The second-order valence-corrected chi connectivity index (χ2v) is 7.76. The minimum absolute atomic E-state index is 0.0183. The molecule has 19 heavy (non-hydrogen) atoms. The molecule has 1 aromatic carbocycles. The predicted octanol–water partition coefficient (Wildman–Crippen LogP) is 1.48. The van der Waals surface area contributed by atoms with Crippen LogP contribution in [0.3, 0.4) is 0 Å². The molecule has 0 radical (unpaired) electrons. The van der Waals surface area contributed by atoms with Gasteiger partial charge in [0.15, 0.2) is 0 Å². The lowest BCUT2D eigenvalue weighted by atomic mass is 10.3. The van der Waals surface area contributed by atoms with Crippen LogP contribution in [0.15, 0.2) is 21.5 Å². The van der Waals surface area contributed by atoms with Crippen molar-refractivity contribution in [2.45, 2.75) is 17.1 Å². The van der Waals surface area contributed by atoms with Crippen molar-refractivity contribution in [1.29, 1.82) is 0 Å². The molecule has 0 aliphatic carbocycles. The summed E-state index contributed by atoms with van der Waals surface area (Å²) >= 11 is 15.0. The molecule has 1 fully saturated rings. The lowest BCUT2D eigenvalue weighted by Gasteiger charge is -2.17.